The highest BCUT2D eigenvalue weighted by molar-refractivity contribution is 7.98. The van der Waals surface area contributed by atoms with Gasteiger partial charge in [-0.3, -0.25) is 14.4 Å². The Morgan fingerprint density at radius 1 is 1.13 bits per heavy atom. The van der Waals surface area contributed by atoms with Crippen LogP contribution in [0.1, 0.15) is 76.6 Å². The van der Waals surface area contributed by atoms with Crippen molar-refractivity contribution in [2.45, 2.75) is 91.5 Å². The molecule has 4 atom stereocenters. The molecule has 0 heterocycles. The first-order valence-electron chi connectivity index (χ1n) is 13.6. The number of carbonyl (C=O) groups excluding carboxylic acids is 4. The molecule has 1 aliphatic carbocycles. The summed E-state index contributed by atoms with van der Waals surface area (Å²) in [5.74, 6) is -0.257. The van der Waals surface area contributed by atoms with Gasteiger partial charge in [0.15, 0.2) is 0 Å². The zero-order valence-corrected chi connectivity index (χ0v) is 25.4. The third kappa shape index (κ3) is 10.4. The minimum absolute atomic E-state index is 0.0312. The van der Waals surface area contributed by atoms with Crippen LogP contribution in [0.25, 0.3) is 0 Å². The van der Waals surface area contributed by atoms with Gasteiger partial charge in [-0.2, -0.15) is 11.8 Å². The van der Waals surface area contributed by atoms with E-state index < -0.39 is 29.7 Å². The van der Waals surface area contributed by atoms with Gasteiger partial charge in [0.25, 0.3) is 0 Å². The number of nitrogens with zero attached hydrogens (tertiary/aromatic N) is 1. The average Bonchev–Trinajstić information content (AvgIpc) is 3.53. The van der Waals surface area contributed by atoms with E-state index in [4.69, 9.17) is 9.47 Å². The summed E-state index contributed by atoms with van der Waals surface area (Å²) in [5.41, 5.74) is 1.91. The van der Waals surface area contributed by atoms with Crippen LogP contribution in [0.2, 0.25) is 0 Å². The molecule has 2 N–H and O–H groups in total. The van der Waals surface area contributed by atoms with Crippen LogP contribution in [-0.2, 0) is 23.9 Å². The van der Waals surface area contributed by atoms with E-state index >= 15 is 0 Å². The quantitative estimate of drug-likeness (QED) is 0.344. The van der Waals surface area contributed by atoms with Crippen LogP contribution in [0, 0.1) is 19.8 Å². The van der Waals surface area contributed by atoms with Gasteiger partial charge >= 0.3 is 12.1 Å². The summed E-state index contributed by atoms with van der Waals surface area (Å²) in [6, 6.07) is 3.89. The smallest absolute Gasteiger partial charge is 0.408 e. The van der Waals surface area contributed by atoms with Crippen LogP contribution >= 0.6 is 11.8 Å². The van der Waals surface area contributed by atoms with E-state index in [2.05, 4.69) is 10.6 Å². The Kier molecular flexibility index (Phi) is 12.1. The summed E-state index contributed by atoms with van der Waals surface area (Å²) in [6.45, 7) is 13.3. The number of rotatable bonds is 13. The Balaban J connectivity index is 2.45. The van der Waals surface area contributed by atoms with Gasteiger partial charge in [-0.05, 0) is 77.9 Å². The Morgan fingerprint density at radius 2 is 1.74 bits per heavy atom. The zero-order chi connectivity index (χ0) is 29.3. The fourth-order valence-electron chi connectivity index (χ4n) is 4.52. The maximum Gasteiger partial charge on any atom is 0.408 e. The molecular weight excluding hydrogens is 518 g/mol. The number of benzene rings is 1. The summed E-state index contributed by atoms with van der Waals surface area (Å²) in [7, 11) is 0. The summed E-state index contributed by atoms with van der Waals surface area (Å²) in [5, 5.41) is 5.61. The second-order valence-corrected chi connectivity index (χ2v) is 12.2. The van der Waals surface area contributed by atoms with Crippen molar-refractivity contribution < 1.29 is 28.7 Å². The highest BCUT2D eigenvalue weighted by atomic mass is 32.2. The number of alkyl carbamates (subject to hydrolysis) is 1. The van der Waals surface area contributed by atoms with Gasteiger partial charge in [0.05, 0.1) is 13.0 Å². The predicted octanol–water partition coefficient (Wildman–Crippen LogP) is 4.30. The number of thioether (sulfide) groups is 1. The third-order valence-corrected chi connectivity index (χ3v) is 6.94. The lowest BCUT2D eigenvalue weighted by molar-refractivity contribution is -0.145. The molecule has 1 fully saturated rings. The van der Waals surface area contributed by atoms with Crippen molar-refractivity contribution in [1.82, 2.24) is 15.5 Å². The van der Waals surface area contributed by atoms with Crippen molar-refractivity contribution in [3.05, 3.63) is 34.9 Å². The maximum atomic E-state index is 14.2. The summed E-state index contributed by atoms with van der Waals surface area (Å²) in [6.07, 6.45) is 2.44. The molecule has 1 aromatic rings. The highest BCUT2D eigenvalue weighted by Crippen LogP contribution is 2.41. The van der Waals surface area contributed by atoms with Gasteiger partial charge in [-0.1, -0.05) is 36.2 Å². The predicted molar refractivity (Wildman–Crippen MR) is 153 cm³/mol. The highest BCUT2D eigenvalue weighted by Gasteiger charge is 2.48. The number of aryl methyl sites for hydroxylation is 2. The van der Waals surface area contributed by atoms with Gasteiger partial charge < -0.3 is 25.0 Å². The number of nitrogens with one attached hydrogen (secondary N) is 2. The molecule has 0 aliphatic heterocycles. The van der Waals surface area contributed by atoms with Gasteiger partial charge in [0, 0.05) is 12.6 Å². The number of hydrogen-bond donors (Lipinski definition) is 2. The number of carbonyl (C=O) groups is 4. The molecule has 2 rings (SSSR count). The van der Waals surface area contributed by atoms with Crippen molar-refractivity contribution >= 4 is 35.6 Å². The molecule has 4 unspecified atom stereocenters. The normalized spacial score (nSPS) is 17.9. The second-order valence-electron chi connectivity index (χ2n) is 11.2. The monoisotopic (exact) mass is 563 g/mol. The first kappa shape index (κ1) is 32.5. The minimum Gasteiger partial charge on any atom is -0.466 e. The molecule has 218 valence electrons. The van der Waals surface area contributed by atoms with Crippen LogP contribution < -0.4 is 10.6 Å². The molecule has 1 aromatic carbocycles. The number of ether oxygens (including phenoxy) is 2. The van der Waals surface area contributed by atoms with E-state index in [0.717, 1.165) is 17.5 Å². The molecule has 1 saturated carbocycles. The molecule has 9 nitrogen and oxygen atoms in total. The maximum absolute atomic E-state index is 14.2. The van der Waals surface area contributed by atoms with Crippen LogP contribution in [-0.4, -0.2) is 71.6 Å². The second kappa shape index (κ2) is 14.6. The van der Waals surface area contributed by atoms with Crippen molar-refractivity contribution in [2.24, 2.45) is 5.92 Å². The molecular formula is C29H45N3O6S. The molecule has 0 saturated heterocycles. The first-order chi connectivity index (χ1) is 18.3. The summed E-state index contributed by atoms with van der Waals surface area (Å²) in [4.78, 5) is 54.2. The van der Waals surface area contributed by atoms with Crippen molar-refractivity contribution in [3.8, 4) is 0 Å². The molecule has 3 amide bonds. The largest absolute Gasteiger partial charge is 0.466 e. The van der Waals surface area contributed by atoms with E-state index in [1.54, 1.807) is 44.4 Å². The Morgan fingerprint density at radius 3 is 2.26 bits per heavy atom. The standard InChI is InChI=1S/C29H45N3O6S/c1-9-37-24(33)10-12-30-26(34)25(21-15-18(2)14-19(3)16-21)32(23-17-20(23)4)27(35)22(11-13-39-8)31-28(36)38-29(5,6)7/h14-16,20,22-23,25H,9-13,17H2,1-8H3,(H,30,34)(H,31,36). The average molecular weight is 564 g/mol. The van der Waals surface area contributed by atoms with Crippen LogP contribution in [0.3, 0.4) is 0 Å². The van der Waals surface area contributed by atoms with Gasteiger partial charge in [-0.25, -0.2) is 4.79 Å². The Hall–Kier alpha value is -2.75. The van der Waals surface area contributed by atoms with Crippen LogP contribution in [0.4, 0.5) is 4.79 Å². The van der Waals surface area contributed by atoms with E-state index in [-0.39, 0.29) is 43.3 Å². The number of amides is 3. The van der Waals surface area contributed by atoms with Gasteiger partial charge in [0.1, 0.15) is 17.7 Å². The molecule has 0 aromatic heterocycles. The minimum atomic E-state index is -0.925. The third-order valence-electron chi connectivity index (χ3n) is 6.30. The Bertz CT molecular complexity index is 1000. The van der Waals surface area contributed by atoms with Crippen LogP contribution in [0.5, 0.6) is 0 Å². The Labute approximate surface area is 237 Å². The SMILES string of the molecule is CCOC(=O)CCNC(=O)C(c1cc(C)cc(C)c1)N(C(=O)C(CCSC)NC(=O)OC(C)(C)C)C1CC1C. The van der Waals surface area contributed by atoms with E-state index in [1.165, 1.54) is 0 Å². The molecule has 39 heavy (non-hydrogen) atoms. The number of hydrogen-bond acceptors (Lipinski definition) is 7. The van der Waals surface area contributed by atoms with Crippen molar-refractivity contribution in [1.29, 1.82) is 0 Å². The van der Waals surface area contributed by atoms with Gasteiger partial charge in [0.2, 0.25) is 11.8 Å². The topological polar surface area (TPSA) is 114 Å². The lowest BCUT2D eigenvalue weighted by atomic mass is 9.98. The van der Waals surface area contributed by atoms with E-state index in [0.29, 0.717) is 17.7 Å². The lowest BCUT2D eigenvalue weighted by Crippen LogP contribution is -2.54. The molecule has 0 spiro atoms. The van der Waals surface area contributed by atoms with Crippen molar-refractivity contribution in [3.63, 3.8) is 0 Å². The van der Waals surface area contributed by atoms with Gasteiger partial charge in [-0.15, -0.1) is 0 Å². The lowest BCUT2D eigenvalue weighted by Gasteiger charge is -2.35. The fourth-order valence-corrected chi connectivity index (χ4v) is 4.99. The summed E-state index contributed by atoms with van der Waals surface area (Å²) < 4.78 is 10.4. The summed E-state index contributed by atoms with van der Waals surface area (Å²) >= 11 is 1.57. The first-order valence-corrected chi connectivity index (χ1v) is 15.0. The molecule has 0 radical (unpaired) electrons. The number of esters is 1. The fraction of sp³-hybridized carbons (Fsp3) is 0.655. The van der Waals surface area contributed by atoms with E-state index in [9.17, 15) is 19.2 Å². The van der Waals surface area contributed by atoms with Crippen molar-refractivity contribution in [2.75, 3.05) is 25.2 Å². The molecule has 1 aliphatic rings. The zero-order valence-electron chi connectivity index (χ0n) is 24.6. The molecule has 10 heteroatoms. The molecule has 0 bridgehead atoms. The van der Waals surface area contributed by atoms with Crippen LogP contribution in [0.15, 0.2) is 18.2 Å². The van der Waals surface area contributed by atoms with E-state index in [1.807, 2.05) is 45.2 Å².